The number of ether oxygens (including phenoxy) is 1. The Bertz CT molecular complexity index is 879. The Labute approximate surface area is 180 Å². The van der Waals surface area contributed by atoms with Gasteiger partial charge in [-0.3, -0.25) is 4.79 Å². The first-order valence-corrected chi connectivity index (χ1v) is 11.2. The smallest absolute Gasteiger partial charge is 0.410 e. The SMILES string of the molecule is CC(=O)N1c2ccc(C3=CCN(C(=O)OC(C)(C)C)CC3)cc2CC(C)[C@@H]1C1CC1. The normalized spacial score (nSPS) is 24.2. The molecule has 5 nitrogen and oxygen atoms in total. The molecule has 1 unspecified atom stereocenters. The lowest BCUT2D eigenvalue weighted by Crippen LogP contribution is -2.48. The number of carbonyl (C=O) groups is 2. The van der Waals surface area contributed by atoms with Crippen LogP contribution in [0.2, 0.25) is 0 Å². The average molecular weight is 411 g/mol. The van der Waals surface area contributed by atoms with Gasteiger partial charge in [-0.15, -0.1) is 0 Å². The van der Waals surface area contributed by atoms with E-state index in [9.17, 15) is 9.59 Å². The highest BCUT2D eigenvalue weighted by Crippen LogP contribution is 2.45. The summed E-state index contributed by atoms with van der Waals surface area (Å²) < 4.78 is 5.49. The summed E-state index contributed by atoms with van der Waals surface area (Å²) in [6.07, 6.45) is 6.21. The second-order valence-corrected chi connectivity index (χ2v) is 10.1. The van der Waals surface area contributed by atoms with Crippen molar-refractivity contribution in [1.29, 1.82) is 0 Å². The van der Waals surface area contributed by atoms with Crippen LogP contribution in [-0.2, 0) is 16.0 Å². The predicted octanol–water partition coefficient (Wildman–Crippen LogP) is 5.03. The van der Waals surface area contributed by atoms with Crippen molar-refractivity contribution in [2.24, 2.45) is 11.8 Å². The Morgan fingerprint density at radius 2 is 1.90 bits per heavy atom. The highest BCUT2D eigenvalue weighted by molar-refractivity contribution is 5.94. The zero-order chi connectivity index (χ0) is 21.6. The Morgan fingerprint density at radius 1 is 1.17 bits per heavy atom. The molecular formula is C25H34N2O3. The van der Waals surface area contributed by atoms with Crippen LogP contribution in [0.5, 0.6) is 0 Å². The fourth-order valence-electron chi connectivity index (χ4n) is 4.98. The van der Waals surface area contributed by atoms with Gasteiger partial charge >= 0.3 is 6.09 Å². The first-order chi connectivity index (χ1) is 14.1. The van der Waals surface area contributed by atoms with Crippen molar-refractivity contribution in [3.05, 3.63) is 35.4 Å². The second kappa shape index (κ2) is 7.75. The van der Waals surface area contributed by atoms with Crippen LogP contribution in [0, 0.1) is 11.8 Å². The molecule has 1 fully saturated rings. The van der Waals surface area contributed by atoms with E-state index < -0.39 is 5.60 Å². The summed E-state index contributed by atoms with van der Waals surface area (Å²) in [4.78, 5) is 28.6. The number of carbonyl (C=O) groups excluding carboxylic acids is 2. The third kappa shape index (κ3) is 4.26. The summed E-state index contributed by atoms with van der Waals surface area (Å²) >= 11 is 0. The van der Waals surface area contributed by atoms with Crippen LogP contribution in [0.15, 0.2) is 24.3 Å². The highest BCUT2D eigenvalue weighted by atomic mass is 16.6. The van der Waals surface area contributed by atoms with Crippen molar-refractivity contribution >= 4 is 23.3 Å². The van der Waals surface area contributed by atoms with Crippen LogP contribution in [0.1, 0.15) is 65.0 Å². The Balaban J connectivity index is 1.53. The van der Waals surface area contributed by atoms with Crippen molar-refractivity contribution < 1.29 is 14.3 Å². The molecule has 2 amide bonds. The number of hydrogen-bond acceptors (Lipinski definition) is 3. The molecule has 0 N–H and O–H groups in total. The molecule has 3 aliphatic rings. The number of amides is 2. The molecular weight excluding hydrogens is 376 g/mol. The van der Waals surface area contributed by atoms with E-state index in [0.717, 1.165) is 18.5 Å². The van der Waals surface area contributed by atoms with Crippen LogP contribution >= 0.6 is 0 Å². The van der Waals surface area contributed by atoms with Crippen molar-refractivity contribution in [1.82, 2.24) is 4.90 Å². The number of hydrogen-bond donors (Lipinski definition) is 0. The zero-order valence-electron chi connectivity index (χ0n) is 18.9. The highest BCUT2D eigenvalue weighted by Gasteiger charge is 2.43. The Morgan fingerprint density at radius 3 is 2.47 bits per heavy atom. The van der Waals surface area contributed by atoms with E-state index >= 15 is 0 Å². The van der Waals surface area contributed by atoms with Crippen molar-refractivity contribution in [2.75, 3.05) is 18.0 Å². The maximum absolute atomic E-state index is 12.5. The van der Waals surface area contributed by atoms with Crippen LogP contribution in [0.25, 0.3) is 5.57 Å². The third-order valence-corrected chi connectivity index (χ3v) is 6.44. The molecule has 4 rings (SSSR count). The zero-order valence-corrected chi connectivity index (χ0v) is 18.9. The van der Waals surface area contributed by atoms with Gasteiger partial charge in [-0.25, -0.2) is 4.79 Å². The molecule has 1 aliphatic carbocycles. The third-order valence-electron chi connectivity index (χ3n) is 6.44. The lowest BCUT2D eigenvalue weighted by Gasteiger charge is -2.41. The molecule has 0 saturated heterocycles. The largest absolute Gasteiger partial charge is 0.444 e. The Kier molecular flexibility index (Phi) is 5.41. The summed E-state index contributed by atoms with van der Waals surface area (Å²) in [6, 6.07) is 6.88. The van der Waals surface area contributed by atoms with Gasteiger partial charge in [-0.1, -0.05) is 19.1 Å². The quantitative estimate of drug-likeness (QED) is 0.687. The molecule has 1 aromatic rings. The topological polar surface area (TPSA) is 49.9 Å². The number of anilines is 1. The lowest BCUT2D eigenvalue weighted by molar-refractivity contribution is -0.117. The molecule has 2 aliphatic heterocycles. The molecule has 1 saturated carbocycles. The minimum Gasteiger partial charge on any atom is -0.444 e. The summed E-state index contributed by atoms with van der Waals surface area (Å²) in [5.41, 5.74) is 4.36. The fraction of sp³-hybridized carbons (Fsp3) is 0.600. The molecule has 0 radical (unpaired) electrons. The van der Waals surface area contributed by atoms with E-state index in [-0.39, 0.29) is 12.0 Å². The monoisotopic (exact) mass is 410 g/mol. The summed E-state index contributed by atoms with van der Waals surface area (Å²) in [6.45, 7) is 10.9. The fourth-order valence-corrected chi connectivity index (χ4v) is 4.98. The molecule has 30 heavy (non-hydrogen) atoms. The number of nitrogens with zero attached hydrogens (tertiary/aromatic N) is 2. The van der Waals surface area contributed by atoms with Crippen molar-refractivity contribution in [3.63, 3.8) is 0 Å². The summed E-state index contributed by atoms with van der Waals surface area (Å²) in [5.74, 6) is 1.29. The van der Waals surface area contributed by atoms with Crippen molar-refractivity contribution in [3.8, 4) is 0 Å². The first kappa shape index (κ1) is 21.0. The minimum atomic E-state index is -0.475. The number of benzene rings is 1. The summed E-state index contributed by atoms with van der Waals surface area (Å²) in [7, 11) is 0. The Hall–Kier alpha value is -2.30. The van der Waals surface area contributed by atoms with E-state index in [1.54, 1.807) is 11.8 Å². The second-order valence-electron chi connectivity index (χ2n) is 10.1. The van der Waals surface area contributed by atoms with Crippen LogP contribution in [0.4, 0.5) is 10.5 Å². The van der Waals surface area contributed by atoms with Gasteiger partial charge in [-0.2, -0.15) is 0 Å². The number of rotatable bonds is 2. The van der Waals surface area contributed by atoms with Crippen LogP contribution in [-0.4, -0.2) is 41.6 Å². The van der Waals surface area contributed by atoms with Gasteiger partial charge in [0.15, 0.2) is 0 Å². The predicted molar refractivity (Wildman–Crippen MR) is 119 cm³/mol. The van der Waals surface area contributed by atoms with E-state index in [4.69, 9.17) is 4.74 Å². The van der Waals surface area contributed by atoms with E-state index in [2.05, 4.69) is 36.1 Å². The van der Waals surface area contributed by atoms with Gasteiger partial charge in [0.2, 0.25) is 5.91 Å². The van der Waals surface area contributed by atoms with Crippen LogP contribution in [0.3, 0.4) is 0 Å². The molecule has 1 aromatic carbocycles. The van der Waals surface area contributed by atoms with Crippen molar-refractivity contribution in [2.45, 2.75) is 71.9 Å². The van der Waals surface area contributed by atoms with Gasteiger partial charge in [-0.05, 0) is 87.1 Å². The standard InChI is InChI=1S/C25H34N2O3/c1-16-14-21-15-20(8-9-22(21)27(17(2)28)23(16)19-6-7-19)18-10-12-26(13-11-18)24(29)30-25(3,4)5/h8-10,15-16,19,23H,6-7,11-14H2,1-5H3/t16?,23-/m1/s1. The number of fused-ring (bicyclic) bond motifs is 1. The summed E-state index contributed by atoms with van der Waals surface area (Å²) in [5, 5.41) is 0. The average Bonchev–Trinajstić information content (AvgIpc) is 3.50. The van der Waals surface area contributed by atoms with E-state index in [1.165, 1.54) is 29.5 Å². The molecule has 0 bridgehead atoms. The molecule has 5 heteroatoms. The molecule has 162 valence electrons. The molecule has 2 heterocycles. The lowest BCUT2D eigenvalue weighted by atomic mass is 9.83. The van der Waals surface area contributed by atoms with Gasteiger partial charge in [0.05, 0.1) is 0 Å². The van der Waals surface area contributed by atoms with Gasteiger partial charge in [0.25, 0.3) is 0 Å². The molecule has 0 spiro atoms. The van der Waals surface area contributed by atoms with E-state index in [0.29, 0.717) is 31.0 Å². The van der Waals surface area contributed by atoms with Gasteiger partial charge < -0.3 is 14.5 Å². The van der Waals surface area contributed by atoms with Gasteiger partial charge in [0, 0.05) is 31.7 Å². The molecule has 0 aromatic heterocycles. The van der Waals surface area contributed by atoms with Gasteiger partial charge in [0.1, 0.15) is 5.60 Å². The van der Waals surface area contributed by atoms with E-state index in [1.807, 2.05) is 20.8 Å². The first-order valence-electron chi connectivity index (χ1n) is 11.2. The minimum absolute atomic E-state index is 0.150. The van der Waals surface area contributed by atoms with Crippen LogP contribution < -0.4 is 4.90 Å². The maximum atomic E-state index is 12.5. The molecule has 2 atom stereocenters. The maximum Gasteiger partial charge on any atom is 0.410 e.